The predicted molar refractivity (Wildman–Crippen MR) is 67.9 cm³/mol. The summed E-state index contributed by atoms with van der Waals surface area (Å²) in [7, 11) is 0. The van der Waals surface area contributed by atoms with E-state index in [9.17, 15) is 4.79 Å². The van der Waals surface area contributed by atoms with Crippen molar-refractivity contribution in [1.29, 1.82) is 0 Å². The molecule has 0 saturated carbocycles. The van der Waals surface area contributed by atoms with Gasteiger partial charge in [-0.3, -0.25) is 4.79 Å². The molecule has 0 aromatic heterocycles. The van der Waals surface area contributed by atoms with Gasteiger partial charge in [-0.05, 0) is 37.1 Å². The number of hydrogen-bond donors (Lipinski definition) is 1. The Bertz CT molecular complexity index is 432. The predicted octanol–water partition coefficient (Wildman–Crippen LogP) is 1.82. The van der Waals surface area contributed by atoms with Crippen molar-refractivity contribution < 1.29 is 9.53 Å². The molecule has 1 amide bonds. The van der Waals surface area contributed by atoms with Crippen LogP contribution in [0, 0.1) is 26.2 Å². The van der Waals surface area contributed by atoms with E-state index in [4.69, 9.17) is 11.2 Å². The van der Waals surface area contributed by atoms with E-state index in [0.29, 0.717) is 13.0 Å². The van der Waals surface area contributed by atoms with Crippen LogP contribution in [0.5, 0.6) is 5.75 Å². The number of carbonyl (C=O) groups excluding carboxylic acids is 1. The Hall–Kier alpha value is -1.95. The summed E-state index contributed by atoms with van der Waals surface area (Å²) in [5.41, 5.74) is 2.41. The molecule has 17 heavy (non-hydrogen) atoms. The fourth-order valence-electron chi connectivity index (χ4n) is 1.30. The molecule has 0 aliphatic carbocycles. The zero-order chi connectivity index (χ0) is 12.7. The van der Waals surface area contributed by atoms with Crippen molar-refractivity contribution in [2.75, 3.05) is 13.2 Å². The highest BCUT2D eigenvalue weighted by Gasteiger charge is 2.01. The molecular weight excluding hydrogens is 214 g/mol. The Morgan fingerprint density at radius 2 is 2.18 bits per heavy atom. The maximum absolute atomic E-state index is 11.2. The highest BCUT2D eigenvalue weighted by molar-refractivity contribution is 5.76. The second kappa shape index (κ2) is 6.59. The molecule has 3 nitrogen and oxygen atoms in total. The molecule has 0 unspecified atom stereocenters. The lowest BCUT2D eigenvalue weighted by Gasteiger charge is -2.08. The molecule has 0 aliphatic heterocycles. The minimum atomic E-state index is -0.0909. The molecule has 1 N–H and O–H groups in total. The first-order valence-electron chi connectivity index (χ1n) is 5.53. The van der Waals surface area contributed by atoms with Gasteiger partial charge in [0.05, 0.1) is 19.6 Å². The average molecular weight is 231 g/mol. The summed E-state index contributed by atoms with van der Waals surface area (Å²) < 4.78 is 5.48. The average Bonchev–Trinajstić information content (AvgIpc) is 2.31. The van der Waals surface area contributed by atoms with Crippen LogP contribution in [-0.4, -0.2) is 19.1 Å². The molecule has 0 aliphatic rings. The maximum atomic E-state index is 11.2. The van der Waals surface area contributed by atoms with Crippen LogP contribution in [0.15, 0.2) is 18.2 Å². The third-order valence-corrected chi connectivity index (χ3v) is 2.46. The monoisotopic (exact) mass is 231 g/mol. The maximum Gasteiger partial charge on any atom is 0.224 e. The summed E-state index contributed by atoms with van der Waals surface area (Å²) in [6.45, 7) is 4.70. The number of benzene rings is 1. The van der Waals surface area contributed by atoms with E-state index in [-0.39, 0.29) is 12.5 Å². The van der Waals surface area contributed by atoms with Gasteiger partial charge in [-0.15, -0.1) is 6.42 Å². The quantitative estimate of drug-likeness (QED) is 0.785. The van der Waals surface area contributed by atoms with E-state index in [1.165, 1.54) is 11.1 Å². The molecule has 90 valence electrons. The second-order valence-electron chi connectivity index (χ2n) is 3.83. The lowest BCUT2D eigenvalue weighted by Crippen LogP contribution is -2.25. The van der Waals surface area contributed by atoms with Gasteiger partial charge in [0.2, 0.25) is 5.91 Å². The number of nitrogens with one attached hydrogen (secondary N) is 1. The normalized spacial score (nSPS) is 9.47. The van der Waals surface area contributed by atoms with Gasteiger partial charge in [0.15, 0.2) is 0 Å². The van der Waals surface area contributed by atoms with Crippen molar-refractivity contribution in [3.63, 3.8) is 0 Å². The minimum Gasteiger partial charge on any atom is -0.493 e. The number of rotatable bonds is 5. The molecule has 0 fully saturated rings. The summed E-state index contributed by atoms with van der Waals surface area (Å²) in [5, 5.41) is 2.58. The number of amides is 1. The van der Waals surface area contributed by atoms with Crippen molar-refractivity contribution in [2.45, 2.75) is 20.3 Å². The Labute approximate surface area is 102 Å². The highest BCUT2D eigenvalue weighted by atomic mass is 16.5. The Kier molecular flexibility index (Phi) is 5.09. The SMILES string of the molecule is C#CCNC(=O)CCOc1ccc(C)c(C)c1. The zero-order valence-corrected chi connectivity index (χ0v) is 10.2. The number of hydrogen-bond acceptors (Lipinski definition) is 2. The van der Waals surface area contributed by atoms with Crippen LogP contribution in [0.3, 0.4) is 0 Å². The van der Waals surface area contributed by atoms with Crippen molar-refractivity contribution in [3.05, 3.63) is 29.3 Å². The van der Waals surface area contributed by atoms with E-state index in [2.05, 4.69) is 11.2 Å². The molecule has 0 atom stereocenters. The van der Waals surface area contributed by atoms with Crippen molar-refractivity contribution in [3.8, 4) is 18.1 Å². The van der Waals surface area contributed by atoms with Crippen LogP contribution in [0.25, 0.3) is 0 Å². The summed E-state index contributed by atoms with van der Waals surface area (Å²) in [4.78, 5) is 11.2. The Balaban J connectivity index is 2.33. The standard InChI is InChI=1S/C14H17NO2/c1-4-8-15-14(16)7-9-17-13-6-5-11(2)12(3)10-13/h1,5-6,10H,7-9H2,2-3H3,(H,15,16). The Morgan fingerprint density at radius 3 is 2.82 bits per heavy atom. The Morgan fingerprint density at radius 1 is 1.41 bits per heavy atom. The van der Waals surface area contributed by atoms with E-state index in [0.717, 1.165) is 5.75 Å². The lowest BCUT2D eigenvalue weighted by molar-refractivity contribution is -0.121. The fourth-order valence-corrected chi connectivity index (χ4v) is 1.30. The largest absolute Gasteiger partial charge is 0.493 e. The van der Waals surface area contributed by atoms with Crippen LogP contribution >= 0.6 is 0 Å². The molecule has 0 heterocycles. The van der Waals surface area contributed by atoms with Crippen LogP contribution in [-0.2, 0) is 4.79 Å². The number of aryl methyl sites for hydroxylation is 2. The van der Waals surface area contributed by atoms with Crippen LogP contribution in [0.1, 0.15) is 17.5 Å². The summed E-state index contributed by atoms with van der Waals surface area (Å²) >= 11 is 0. The smallest absolute Gasteiger partial charge is 0.224 e. The number of ether oxygens (including phenoxy) is 1. The van der Waals surface area contributed by atoms with E-state index in [1.54, 1.807) is 0 Å². The molecule has 0 spiro atoms. The summed E-state index contributed by atoms with van der Waals surface area (Å²) in [6.07, 6.45) is 5.35. The van der Waals surface area contributed by atoms with Gasteiger partial charge in [0, 0.05) is 0 Å². The van der Waals surface area contributed by atoms with Crippen molar-refractivity contribution >= 4 is 5.91 Å². The number of terminal acetylenes is 1. The summed E-state index contributed by atoms with van der Waals surface area (Å²) in [6, 6.07) is 5.87. The molecule has 1 aromatic rings. The fraction of sp³-hybridized carbons (Fsp3) is 0.357. The van der Waals surface area contributed by atoms with Crippen molar-refractivity contribution in [2.24, 2.45) is 0 Å². The van der Waals surface area contributed by atoms with E-state index < -0.39 is 0 Å². The van der Waals surface area contributed by atoms with Crippen molar-refractivity contribution in [1.82, 2.24) is 5.32 Å². The van der Waals surface area contributed by atoms with Gasteiger partial charge in [-0.1, -0.05) is 12.0 Å². The highest BCUT2D eigenvalue weighted by Crippen LogP contribution is 2.16. The van der Waals surface area contributed by atoms with Crippen LogP contribution < -0.4 is 10.1 Å². The molecule has 1 aromatic carbocycles. The first kappa shape index (κ1) is 13.1. The van der Waals surface area contributed by atoms with Gasteiger partial charge in [-0.25, -0.2) is 0 Å². The molecule has 0 radical (unpaired) electrons. The van der Waals surface area contributed by atoms with Gasteiger partial charge < -0.3 is 10.1 Å². The third kappa shape index (κ3) is 4.60. The van der Waals surface area contributed by atoms with Crippen LogP contribution in [0.4, 0.5) is 0 Å². The summed E-state index contributed by atoms with van der Waals surface area (Å²) in [5.74, 6) is 3.05. The van der Waals surface area contributed by atoms with Gasteiger partial charge in [-0.2, -0.15) is 0 Å². The molecular formula is C14H17NO2. The van der Waals surface area contributed by atoms with Gasteiger partial charge in [0.1, 0.15) is 5.75 Å². The first-order chi connectivity index (χ1) is 8.13. The third-order valence-electron chi connectivity index (χ3n) is 2.46. The molecule has 1 rings (SSSR count). The zero-order valence-electron chi connectivity index (χ0n) is 10.2. The number of carbonyl (C=O) groups is 1. The van der Waals surface area contributed by atoms with E-state index >= 15 is 0 Å². The topological polar surface area (TPSA) is 38.3 Å². The van der Waals surface area contributed by atoms with Crippen LogP contribution in [0.2, 0.25) is 0 Å². The molecule has 3 heteroatoms. The van der Waals surface area contributed by atoms with Gasteiger partial charge >= 0.3 is 0 Å². The van der Waals surface area contributed by atoms with E-state index in [1.807, 2.05) is 32.0 Å². The molecule has 0 bridgehead atoms. The second-order valence-corrected chi connectivity index (χ2v) is 3.83. The first-order valence-corrected chi connectivity index (χ1v) is 5.53. The van der Waals surface area contributed by atoms with Gasteiger partial charge in [0.25, 0.3) is 0 Å². The molecule has 0 saturated heterocycles. The lowest BCUT2D eigenvalue weighted by atomic mass is 10.1. The minimum absolute atomic E-state index is 0.0909.